The van der Waals surface area contributed by atoms with Crippen molar-refractivity contribution in [2.45, 2.75) is 0 Å². The summed E-state index contributed by atoms with van der Waals surface area (Å²) in [7, 11) is 0. The molecule has 7 heteroatoms. The van der Waals surface area contributed by atoms with Crippen LogP contribution in [-0.4, -0.2) is 46.4 Å². The molecule has 11 heavy (non-hydrogen) atoms. The van der Waals surface area contributed by atoms with Crippen LogP contribution in [0.1, 0.15) is 0 Å². The van der Waals surface area contributed by atoms with Crippen molar-refractivity contribution in [3.63, 3.8) is 0 Å². The first-order chi connectivity index (χ1) is 5.25. The fourth-order valence-corrected chi connectivity index (χ4v) is 0.830. The van der Waals surface area contributed by atoms with E-state index in [0.717, 1.165) is 0 Å². The zero-order valence-corrected chi connectivity index (χ0v) is 5.82. The molecule has 4 N–H and O–H groups in total. The molecule has 0 aromatic carbocycles. The average Bonchev–Trinajstić information content (AvgIpc) is 2.53. The van der Waals surface area contributed by atoms with Gasteiger partial charge in [-0.2, -0.15) is 5.01 Å². The Balaban J connectivity index is 2.39. The molecule has 0 aromatic rings. The van der Waals surface area contributed by atoms with Gasteiger partial charge in [0.1, 0.15) is 0 Å². The van der Waals surface area contributed by atoms with Crippen LogP contribution < -0.4 is 10.8 Å². The van der Waals surface area contributed by atoms with Crippen molar-refractivity contribution in [2.75, 3.05) is 19.8 Å². The lowest BCUT2D eigenvalue weighted by Crippen LogP contribution is -2.47. The molecule has 0 saturated carbocycles. The molecule has 1 saturated heterocycles. The summed E-state index contributed by atoms with van der Waals surface area (Å²) in [6.07, 6.45) is 0. The lowest BCUT2D eigenvalue weighted by Gasteiger charge is -2.22. The van der Waals surface area contributed by atoms with Crippen molar-refractivity contribution in [1.82, 2.24) is 21.0 Å². The number of carbonyl (C=O) groups is 1. The summed E-state index contributed by atoms with van der Waals surface area (Å²) in [5.74, 6) is 0. The van der Waals surface area contributed by atoms with Crippen LogP contribution in [0.25, 0.3) is 0 Å². The van der Waals surface area contributed by atoms with Crippen molar-refractivity contribution < 1.29 is 15.2 Å². The van der Waals surface area contributed by atoms with E-state index >= 15 is 0 Å². The fraction of sp³-hybridized carbons (Fsp3) is 0.750. The predicted octanol–water partition coefficient (Wildman–Crippen LogP) is -1.45. The largest absolute Gasteiger partial charge is 0.380 e. The molecule has 7 nitrogen and oxygen atoms in total. The van der Waals surface area contributed by atoms with Crippen molar-refractivity contribution in [2.24, 2.45) is 0 Å². The van der Waals surface area contributed by atoms with Gasteiger partial charge in [-0.1, -0.05) is 0 Å². The second-order valence-corrected chi connectivity index (χ2v) is 2.09. The molecule has 1 aliphatic heterocycles. The van der Waals surface area contributed by atoms with Gasteiger partial charge in [0.2, 0.25) is 0 Å². The van der Waals surface area contributed by atoms with Crippen LogP contribution >= 0.6 is 0 Å². The van der Waals surface area contributed by atoms with Crippen molar-refractivity contribution in [1.29, 1.82) is 0 Å². The maximum absolute atomic E-state index is 10.5. The van der Waals surface area contributed by atoms with Crippen LogP contribution in [0.5, 0.6) is 0 Å². The Morgan fingerprint density at radius 3 is 2.91 bits per heavy atom. The van der Waals surface area contributed by atoms with Crippen molar-refractivity contribution in [3.8, 4) is 0 Å². The first-order valence-corrected chi connectivity index (χ1v) is 3.14. The minimum atomic E-state index is -0.964. The molecule has 2 amide bonds. The van der Waals surface area contributed by atoms with Gasteiger partial charge in [-0.25, -0.2) is 10.3 Å². The van der Waals surface area contributed by atoms with Gasteiger partial charge >= 0.3 is 6.03 Å². The number of rotatable bonds is 1. The van der Waals surface area contributed by atoms with E-state index < -0.39 is 6.03 Å². The number of nitrogens with zero attached hydrogens (tertiary/aromatic N) is 2. The lowest BCUT2D eigenvalue weighted by molar-refractivity contribution is -0.195. The minimum absolute atomic E-state index is 0.333. The van der Waals surface area contributed by atoms with Crippen molar-refractivity contribution in [3.05, 3.63) is 0 Å². The Hall–Kier alpha value is -0.890. The number of carbonyl (C=O) groups excluding carboxylic acids is 1. The summed E-state index contributed by atoms with van der Waals surface area (Å²) in [5, 5.41) is 21.6. The van der Waals surface area contributed by atoms with Gasteiger partial charge in [-0.15, -0.1) is 5.17 Å². The topological polar surface area (TPSA) is 88.1 Å². The lowest BCUT2D eigenvalue weighted by atomic mass is 10.7. The van der Waals surface area contributed by atoms with E-state index in [-0.39, 0.29) is 0 Å². The molecule has 1 heterocycles. The fourth-order valence-electron chi connectivity index (χ4n) is 0.830. The highest BCUT2D eigenvalue weighted by Gasteiger charge is 2.21. The molecule has 1 aliphatic rings. The van der Waals surface area contributed by atoms with Gasteiger partial charge in [-0.05, 0) is 0 Å². The summed E-state index contributed by atoms with van der Waals surface area (Å²) in [6, 6.07) is -0.964. The molecule has 0 radical (unpaired) electrons. The van der Waals surface area contributed by atoms with Crippen LogP contribution in [0.4, 0.5) is 4.79 Å². The molecular weight excluding hydrogens is 152 g/mol. The Labute approximate surface area is 63.1 Å². The molecule has 0 unspecified atom stereocenters. The summed E-state index contributed by atoms with van der Waals surface area (Å²) in [6.45, 7) is 1.63. The normalized spacial score (nSPS) is 18.4. The maximum atomic E-state index is 10.5. The average molecular weight is 162 g/mol. The van der Waals surface area contributed by atoms with E-state index in [1.54, 1.807) is 0 Å². The Bertz CT molecular complexity index is 146. The second kappa shape index (κ2) is 3.49. The Kier molecular flexibility index (Phi) is 2.60. The van der Waals surface area contributed by atoms with Crippen LogP contribution in [-0.2, 0) is 0 Å². The summed E-state index contributed by atoms with van der Waals surface area (Å²) in [4.78, 5) is 10.5. The van der Waals surface area contributed by atoms with E-state index in [9.17, 15) is 4.79 Å². The highest BCUT2D eigenvalue weighted by Crippen LogP contribution is 1.96. The molecule has 0 aliphatic carbocycles. The van der Waals surface area contributed by atoms with Crippen LogP contribution in [0.2, 0.25) is 0 Å². The van der Waals surface area contributed by atoms with E-state index in [1.807, 2.05) is 0 Å². The second-order valence-electron chi connectivity index (χ2n) is 2.09. The third-order valence-electron chi connectivity index (χ3n) is 1.39. The predicted molar refractivity (Wildman–Crippen MR) is 33.5 cm³/mol. The monoisotopic (exact) mass is 162 g/mol. The van der Waals surface area contributed by atoms with Gasteiger partial charge < -0.3 is 5.32 Å². The van der Waals surface area contributed by atoms with E-state index in [1.165, 1.54) is 10.5 Å². The van der Waals surface area contributed by atoms with Gasteiger partial charge in [0.05, 0.1) is 6.67 Å². The van der Waals surface area contributed by atoms with Crippen molar-refractivity contribution >= 4 is 6.03 Å². The molecule has 64 valence electrons. The third-order valence-corrected chi connectivity index (χ3v) is 1.39. The number of nitrogens with one attached hydrogen (secondary N) is 2. The Morgan fingerprint density at radius 1 is 1.73 bits per heavy atom. The highest BCUT2D eigenvalue weighted by atomic mass is 16.6. The quantitative estimate of drug-likeness (QED) is 0.280. The first kappa shape index (κ1) is 8.21. The molecule has 0 aromatic heterocycles. The maximum Gasteiger partial charge on any atom is 0.380 e. The number of hydrazine groups is 1. The number of hydrogen-bond donors (Lipinski definition) is 4. The van der Waals surface area contributed by atoms with Crippen LogP contribution in [0.3, 0.4) is 0 Å². The van der Waals surface area contributed by atoms with E-state index in [4.69, 9.17) is 10.4 Å². The minimum Gasteiger partial charge on any atom is -0.301 e. The molecule has 1 rings (SSSR count). The molecule has 1 fully saturated rings. The SMILES string of the molecule is O=C(NO)N(O)N1CCNC1. The Morgan fingerprint density at radius 2 is 2.45 bits per heavy atom. The van der Waals surface area contributed by atoms with Crippen LogP contribution in [0.15, 0.2) is 0 Å². The number of amides is 2. The molecule has 0 spiro atoms. The standard InChI is InChI=1S/C4H10N4O3/c9-4(6-10)8(11)7-2-1-5-3-7/h5,10-11H,1-3H2,(H,6,9). The van der Waals surface area contributed by atoms with Crippen LogP contribution in [0, 0.1) is 0 Å². The number of urea groups is 1. The zero-order chi connectivity index (χ0) is 8.27. The van der Waals surface area contributed by atoms with Gasteiger partial charge in [-0.3, -0.25) is 10.4 Å². The summed E-state index contributed by atoms with van der Waals surface area (Å²) in [5.41, 5.74) is 1.31. The van der Waals surface area contributed by atoms with E-state index in [0.29, 0.717) is 24.9 Å². The summed E-state index contributed by atoms with van der Waals surface area (Å²) >= 11 is 0. The first-order valence-electron chi connectivity index (χ1n) is 3.14. The molecular formula is C4H10N4O3. The smallest absolute Gasteiger partial charge is 0.301 e. The van der Waals surface area contributed by atoms with Gasteiger partial charge in [0.25, 0.3) is 0 Å². The van der Waals surface area contributed by atoms with E-state index in [2.05, 4.69) is 5.32 Å². The zero-order valence-electron chi connectivity index (χ0n) is 5.82. The number of hydroxylamine groups is 2. The van der Waals surface area contributed by atoms with Gasteiger partial charge in [0, 0.05) is 13.1 Å². The van der Waals surface area contributed by atoms with Gasteiger partial charge in [0.15, 0.2) is 0 Å². The summed E-state index contributed by atoms with van der Waals surface area (Å²) < 4.78 is 0. The number of hydrogen-bond acceptors (Lipinski definition) is 5. The highest BCUT2D eigenvalue weighted by molar-refractivity contribution is 5.70. The molecule has 0 bridgehead atoms. The molecule has 0 atom stereocenters. The third kappa shape index (κ3) is 1.77.